The van der Waals surface area contributed by atoms with Crippen LogP contribution in [0.5, 0.6) is 0 Å². The van der Waals surface area contributed by atoms with E-state index in [0.717, 1.165) is 43.7 Å². The van der Waals surface area contributed by atoms with Crippen molar-refractivity contribution in [3.63, 3.8) is 0 Å². The molecule has 1 fully saturated rings. The van der Waals surface area contributed by atoms with Crippen LogP contribution >= 0.6 is 11.6 Å². The fourth-order valence-corrected chi connectivity index (χ4v) is 3.81. The predicted molar refractivity (Wildman–Crippen MR) is 152 cm³/mol. The highest BCUT2D eigenvalue weighted by Crippen LogP contribution is 2.17. The number of hydrogen-bond donors (Lipinski definition) is 2. The van der Waals surface area contributed by atoms with Crippen molar-refractivity contribution in [2.75, 3.05) is 26.7 Å². The van der Waals surface area contributed by atoms with Gasteiger partial charge in [0, 0.05) is 73.9 Å². The van der Waals surface area contributed by atoms with Crippen molar-refractivity contribution in [3.8, 4) is 0 Å². The van der Waals surface area contributed by atoms with Gasteiger partial charge in [-0.1, -0.05) is 49.8 Å². The molecule has 198 valence electrons. The van der Waals surface area contributed by atoms with Gasteiger partial charge in [-0.25, -0.2) is 4.39 Å². The van der Waals surface area contributed by atoms with Crippen LogP contribution in [-0.4, -0.2) is 48.7 Å². The van der Waals surface area contributed by atoms with E-state index in [2.05, 4.69) is 57.2 Å². The average molecular weight is 526 g/mol. The Morgan fingerprint density at radius 3 is 2.84 bits per heavy atom. The minimum absolute atomic E-state index is 0.00938. The summed E-state index contributed by atoms with van der Waals surface area (Å²) in [6.45, 7) is 7.94. The molecule has 8 heteroatoms. The molecule has 6 nitrogen and oxygen atoms in total. The number of halogens is 2. The van der Waals surface area contributed by atoms with Crippen molar-refractivity contribution in [3.05, 3.63) is 102 Å². The second-order valence-electron chi connectivity index (χ2n) is 8.55. The molecular formula is C29H37ClFN5O. The number of nitrogens with zero attached hydrogens (tertiary/aromatic N) is 3. The Kier molecular flexibility index (Phi) is 13.7. The monoisotopic (exact) mass is 525 g/mol. The maximum atomic E-state index is 14.3. The molecule has 1 saturated heterocycles. The lowest BCUT2D eigenvalue weighted by Gasteiger charge is -2.33. The normalized spacial score (nSPS) is 15.9. The SMILES string of the molecule is C=C/C(CNC(=O)c1ccnc(CC(/C=C/C=C(\C=NC)N2CCC2)CCC)c1)=C(F)\C=C\N/C=C/Cl. The largest absolute Gasteiger partial charge is 0.370 e. The van der Waals surface area contributed by atoms with E-state index in [1.165, 1.54) is 36.5 Å². The topological polar surface area (TPSA) is 69.6 Å². The first-order valence-electron chi connectivity index (χ1n) is 12.5. The number of pyridine rings is 1. The second-order valence-corrected chi connectivity index (χ2v) is 8.80. The van der Waals surface area contributed by atoms with Crippen molar-refractivity contribution in [1.82, 2.24) is 20.5 Å². The Bertz CT molecular complexity index is 1070. The lowest BCUT2D eigenvalue weighted by molar-refractivity contribution is 0.0957. The van der Waals surface area contributed by atoms with Gasteiger partial charge in [0.05, 0.1) is 5.70 Å². The third-order valence-electron chi connectivity index (χ3n) is 5.82. The van der Waals surface area contributed by atoms with E-state index in [1.807, 2.05) is 6.21 Å². The molecule has 1 aromatic heterocycles. The number of allylic oxidation sites excluding steroid dienone is 6. The summed E-state index contributed by atoms with van der Waals surface area (Å²) in [7, 11) is 1.79. The molecule has 0 radical (unpaired) electrons. The number of nitrogens with one attached hydrogen (secondary N) is 2. The number of likely N-dealkylation sites (tertiary alicyclic amines) is 1. The van der Waals surface area contributed by atoms with Crippen molar-refractivity contribution < 1.29 is 9.18 Å². The molecule has 1 aliphatic heterocycles. The standard InChI is InChI=1S/C29H37ClFN5O/c1-4-8-23(9-6-10-27(22-32-3)36-17-7-18-36)19-26-20-25(11-15-34-26)29(37)35-21-24(5-2)28(31)12-14-33-16-13-30/h5-6,9-16,20,22-23,33H,2,4,7-8,17-19,21H2,1,3H3,(H,35,37)/b9-6+,14-12+,16-13+,27-10+,28-24-,32-22?. The van der Waals surface area contributed by atoms with Crippen LogP contribution in [0.1, 0.15) is 42.2 Å². The number of carbonyl (C=O) groups excluding carboxylic acids is 1. The molecule has 0 aliphatic carbocycles. The van der Waals surface area contributed by atoms with Gasteiger partial charge in [0.25, 0.3) is 5.91 Å². The number of aromatic nitrogens is 1. The lowest BCUT2D eigenvalue weighted by Crippen LogP contribution is -2.36. The Balaban J connectivity index is 2.04. The van der Waals surface area contributed by atoms with Gasteiger partial charge >= 0.3 is 0 Å². The van der Waals surface area contributed by atoms with E-state index in [9.17, 15) is 9.18 Å². The average Bonchev–Trinajstić information content (AvgIpc) is 2.86. The van der Waals surface area contributed by atoms with E-state index >= 15 is 0 Å². The summed E-state index contributed by atoms with van der Waals surface area (Å²) in [6.07, 6.45) is 19.4. The predicted octanol–water partition coefficient (Wildman–Crippen LogP) is 5.84. The summed E-state index contributed by atoms with van der Waals surface area (Å²) >= 11 is 5.40. The van der Waals surface area contributed by atoms with E-state index < -0.39 is 5.83 Å². The van der Waals surface area contributed by atoms with E-state index in [0.29, 0.717) is 11.5 Å². The number of aliphatic imine (C=N–C) groups is 1. The Labute approximate surface area is 225 Å². The molecule has 1 amide bonds. The molecule has 0 aromatic carbocycles. The molecule has 1 aliphatic rings. The van der Waals surface area contributed by atoms with Gasteiger partial charge in [0.15, 0.2) is 0 Å². The van der Waals surface area contributed by atoms with Gasteiger partial charge in [-0.2, -0.15) is 0 Å². The first-order valence-corrected chi connectivity index (χ1v) is 12.9. The van der Waals surface area contributed by atoms with Crippen LogP contribution in [0.2, 0.25) is 0 Å². The summed E-state index contributed by atoms with van der Waals surface area (Å²) in [4.78, 5) is 23.7. The second kappa shape index (κ2) is 17.1. The number of carbonyl (C=O) groups is 1. The first-order chi connectivity index (χ1) is 18.0. The summed E-state index contributed by atoms with van der Waals surface area (Å²) in [5.74, 6) is -0.514. The fourth-order valence-electron chi connectivity index (χ4n) is 3.74. The smallest absolute Gasteiger partial charge is 0.251 e. The van der Waals surface area contributed by atoms with Gasteiger partial charge in [-0.3, -0.25) is 14.8 Å². The molecule has 0 spiro atoms. The van der Waals surface area contributed by atoms with Gasteiger partial charge < -0.3 is 15.5 Å². The minimum Gasteiger partial charge on any atom is -0.370 e. The van der Waals surface area contributed by atoms with Crippen molar-refractivity contribution in [2.24, 2.45) is 10.9 Å². The van der Waals surface area contributed by atoms with E-state index in [4.69, 9.17) is 11.6 Å². The number of hydrogen-bond acceptors (Lipinski definition) is 5. The molecule has 37 heavy (non-hydrogen) atoms. The first kappa shape index (κ1) is 29.8. The summed E-state index contributed by atoms with van der Waals surface area (Å²) in [6, 6.07) is 3.46. The number of rotatable bonds is 15. The van der Waals surface area contributed by atoms with Crippen molar-refractivity contribution in [2.45, 2.75) is 32.6 Å². The number of amides is 1. The summed E-state index contributed by atoms with van der Waals surface area (Å²) in [5, 5.41) is 5.44. The van der Waals surface area contributed by atoms with Crippen LogP contribution in [0, 0.1) is 5.92 Å². The van der Waals surface area contributed by atoms with E-state index in [-0.39, 0.29) is 18.0 Å². The molecule has 2 rings (SSSR count). The molecular weight excluding hydrogens is 489 g/mol. The zero-order chi connectivity index (χ0) is 26.9. The third-order valence-corrected chi connectivity index (χ3v) is 5.95. The fraction of sp³-hybridized carbons (Fsp3) is 0.345. The van der Waals surface area contributed by atoms with Crippen LogP contribution in [-0.2, 0) is 6.42 Å². The van der Waals surface area contributed by atoms with Gasteiger partial charge in [-0.15, -0.1) is 0 Å². The quantitative estimate of drug-likeness (QED) is 0.223. The zero-order valence-electron chi connectivity index (χ0n) is 21.7. The maximum Gasteiger partial charge on any atom is 0.251 e. The van der Waals surface area contributed by atoms with Crippen LogP contribution in [0.15, 0.2) is 95.3 Å². The van der Waals surface area contributed by atoms with Gasteiger partial charge in [-0.05, 0) is 49.5 Å². The lowest BCUT2D eigenvalue weighted by atomic mass is 9.96. The molecule has 1 aromatic rings. The molecule has 0 saturated carbocycles. The molecule has 1 unspecified atom stereocenters. The van der Waals surface area contributed by atoms with E-state index in [1.54, 1.807) is 25.4 Å². The van der Waals surface area contributed by atoms with Crippen LogP contribution in [0.3, 0.4) is 0 Å². The molecule has 1 atom stereocenters. The summed E-state index contributed by atoms with van der Waals surface area (Å²) < 4.78 is 14.3. The Morgan fingerprint density at radius 1 is 1.38 bits per heavy atom. The summed E-state index contributed by atoms with van der Waals surface area (Å²) in [5.41, 5.74) is 3.98. The zero-order valence-corrected chi connectivity index (χ0v) is 22.4. The molecule has 2 heterocycles. The highest BCUT2D eigenvalue weighted by Gasteiger charge is 2.15. The molecule has 2 N–H and O–H groups in total. The Morgan fingerprint density at radius 2 is 2.19 bits per heavy atom. The highest BCUT2D eigenvalue weighted by molar-refractivity contribution is 6.25. The maximum absolute atomic E-state index is 14.3. The van der Waals surface area contributed by atoms with Crippen LogP contribution in [0.25, 0.3) is 0 Å². The van der Waals surface area contributed by atoms with Crippen LogP contribution in [0.4, 0.5) is 4.39 Å². The van der Waals surface area contributed by atoms with Crippen molar-refractivity contribution >= 4 is 23.7 Å². The van der Waals surface area contributed by atoms with Crippen LogP contribution < -0.4 is 10.6 Å². The third kappa shape index (κ3) is 10.6. The Hall–Kier alpha value is -3.45. The minimum atomic E-state index is -0.507. The van der Waals surface area contributed by atoms with Crippen molar-refractivity contribution in [1.29, 1.82) is 0 Å². The highest BCUT2D eigenvalue weighted by atomic mass is 35.5. The van der Waals surface area contributed by atoms with Gasteiger partial charge in [0.2, 0.25) is 0 Å². The van der Waals surface area contributed by atoms with Gasteiger partial charge in [0.1, 0.15) is 5.83 Å². The molecule has 0 bridgehead atoms.